The predicted octanol–water partition coefficient (Wildman–Crippen LogP) is 1.91. The van der Waals surface area contributed by atoms with Crippen molar-refractivity contribution in [1.29, 1.82) is 0 Å². The van der Waals surface area contributed by atoms with Gasteiger partial charge in [0.1, 0.15) is 5.76 Å². The quantitative estimate of drug-likeness (QED) is 0.835. The minimum atomic E-state index is 0.0778. The number of aryl methyl sites for hydroxylation is 1. The lowest BCUT2D eigenvalue weighted by Crippen LogP contribution is -2.62. The van der Waals surface area contributed by atoms with E-state index in [1.54, 1.807) is 12.3 Å². The molecular formula is C16H24N2O3. The number of fused-ring (bicyclic) bond motifs is 1. The number of morpholine rings is 1. The molecule has 5 nitrogen and oxygen atoms in total. The van der Waals surface area contributed by atoms with E-state index in [2.05, 4.69) is 18.7 Å². The number of amides is 1. The molecule has 0 bridgehead atoms. The van der Waals surface area contributed by atoms with Crippen molar-refractivity contribution in [1.82, 2.24) is 9.80 Å². The number of likely N-dealkylation sites (tertiary alicyclic amines) is 1. The molecule has 5 heteroatoms. The molecule has 2 atom stereocenters. The molecule has 3 rings (SSSR count). The van der Waals surface area contributed by atoms with E-state index in [1.807, 2.05) is 11.8 Å². The van der Waals surface area contributed by atoms with Crippen molar-refractivity contribution in [3.63, 3.8) is 0 Å². The van der Waals surface area contributed by atoms with Gasteiger partial charge in [0, 0.05) is 25.7 Å². The summed E-state index contributed by atoms with van der Waals surface area (Å²) in [7, 11) is 0. The van der Waals surface area contributed by atoms with Crippen molar-refractivity contribution >= 4 is 5.91 Å². The summed E-state index contributed by atoms with van der Waals surface area (Å²) in [5, 5.41) is 0. The van der Waals surface area contributed by atoms with E-state index in [-0.39, 0.29) is 12.0 Å². The fraction of sp³-hybridized carbons (Fsp3) is 0.688. The Morgan fingerprint density at radius 3 is 2.86 bits per heavy atom. The van der Waals surface area contributed by atoms with Crippen LogP contribution in [0.25, 0.3) is 0 Å². The van der Waals surface area contributed by atoms with Crippen molar-refractivity contribution in [3.05, 3.63) is 23.7 Å². The number of furan rings is 1. The maximum absolute atomic E-state index is 12.6. The van der Waals surface area contributed by atoms with Gasteiger partial charge in [-0.1, -0.05) is 0 Å². The average Bonchev–Trinajstić information content (AvgIpc) is 2.91. The van der Waals surface area contributed by atoms with Gasteiger partial charge >= 0.3 is 0 Å². The van der Waals surface area contributed by atoms with E-state index in [4.69, 9.17) is 9.15 Å². The van der Waals surface area contributed by atoms with Gasteiger partial charge in [0.15, 0.2) is 0 Å². The Labute approximate surface area is 125 Å². The van der Waals surface area contributed by atoms with Crippen LogP contribution in [0.5, 0.6) is 0 Å². The first-order valence-corrected chi connectivity index (χ1v) is 7.78. The second-order valence-corrected chi connectivity index (χ2v) is 6.24. The third-order valence-electron chi connectivity index (χ3n) is 4.67. The summed E-state index contributed by atoms with van der Waals surface area (Å²) in [6.07, 6.45) is 2.76. The fourth-order valence-corrected chi connectivity index (χ4v) is 3.50. The number of nitrogens with zero attached hydrogens (tertiary/aromatic N) is 2. The molecule has 1 amide bonds. The number of hydrogen-bond acceptors (Lipinski definition) is 4. The topological polar surface area (TPSA) is 45.9 Å². The van der Waals surface area contributed by atoms with Gasteiger partial charge in [-0.05, 0) is 33.3 Å². The normalized spacial score (nSPS) is 27.0. The summed E-state index contributed by atoms with van der Waals surface area (Å²) in [6, 6.07) is 2.55. The van der Waals surface area contributed by atoms with Gasteiger partial charge in [0.2, 0.25) is 0 Å². The number of piperidine rings is 1. The molecule has 116 valence electrons. The lowest BCUT2D eigenvalue weighted by Gasteiger charge is -2.48. The predicted molar refractivity (Wildman–Crippen MR) is 79.3 cm³/mol. The smallest absolute Gasteiger partial charge is 0.257 e. The van der Waals surface area contributed by atoms with Crippen LogP contribution in [0.2, 0.25) is 0 Å². The SMILES string of the molecule is Cc1occc1C(=O)N1CC[C@H]2OCCN(C(C)C)[C@@H]2C1. The van der Waals surface area contributed by atoms with E-state index >= 15 is 0 Å². The fourth-order valence-electron chi connectivity index (χ4n) is 3.50. The highest BCUT2D eigenvalue weighted by Crippen LogP contribution is 2.26. The molecule has 0 aromatic carbocycles. The van der Waals surface area contributed by atoms with Crippen LogP contribution < -0.4 is 0 Å². The second kappa shape index (κ2) is 5.81. The molecule has 2 fully saturated rings. The molecule has 2 saturated heterocycles. The monoisotopic (exact) mass is 292 g/mol. The lowest BCUT2D eigenvalue weighted by molar-refractivity contribution is -0.107. The maximum atomic E-state index is 12.6. The molecule has 2 aliphatic heterocycles. The third kappa shape index (κ3) is 2.72. The van der Waals surface area contributed by atoms with Crippen molar-refractivity contribution in [2.45, 2.75) is 45.4 Å². The molecule has 0 N–H and O–H groups in total. The van der Waals surface area contributed by atoms with Crippen LogP contribution in [0.4, 0.5) is 0 Å². The molecule has 0 saturated carbocycles. The molecule has 2 aliphatic rings. The Kier molecular flexibility index (Phi) is 4.04. The first-order chi connectivity index (χ1) is 10.1. The number of hydrogen-bond donors (Lipinski definition) is 0. The van der Waals surface area contributed by atoms with Crippen molar-refractivity contribution in [3.8, 4) is 0 Å². The lowest BCUT2D eigenvalue weighted by atomic mass is 9.97. The van der Waals surface area contributed by atoms with Gasteiger partial charge in [-0.3, -0.25) is 9.69 Å². The minimum Gasteiger partial charge on any atom is -0.469 e. The zero-order chi connectivity index (χ0) is 15.0. The second-order valence-electron chi connectivity index (χ2n) is 6.24. The van der Waals surface area contributed by atoms with Crippen LogP contribution >= 0.6 is 0 Å². The first-order valence-electron chi connectivity index (χ1n) is 7.78. The molecule has 0 aliphatic carbocycles. The van der Waals surface area contributed by atoms with E-state index in [1.165, 1.54) is 0 Å². The summed E-state index contributed by atoms with van der Waals surface area (Å²) in [5.74, 6) is 0.775. The maximum Gasteiger partial charge on any atom is 0.257 e. The molecular weight excluding hydrogens is 268 g/mol. The van der Waals surface area contributed by atoms with Gasteiger partial charge in [0.05, 0.1) is 30.6 Å². The van der Waals surface area contributed by atoms with Crippen LogP contribution in [0, 0.1) is 6.92 Å². The van der Waals surface area contributed by atoms with Crippen LogP contribution in [-0.2, 0) is 4.74 Å². The number of ether oxygens (including phenoxy) is 1. The Balaban J connectivity index is 1.75. The summed E-state index contributed by atoms with van der Waals surface area (Å²) in [5.41, 5.74) is 0.682. The zero-order valence-electron chi connectivity index (χ0n) is 13.0. The Morgan fingerprint density at radius 1 is 1.38 bits per heavy atom. The van der Waals surface area contributed by atoms with E-state index in [0.29, 0.717) is 23.4 Å². The van der Waals surface area contributed by atoms with Crippen LogP contribution in [0.15, 0.2) is 16.7 Å². The van der Waals surface area contributed by atoms with Gasteiger partial charge in [0.25, 0.3) is 5.91 Å². The van der Waals surface area contributed by atoms with Crippen molar-refractivity contribution < 1.29 is 13.9 Å². The van der Waals surface area contributed by atoms with Crippen molar-refractivity contribution in [2.75, 3.05) is 26.2 Å². The molecule has 3 heterocycles. The largest absolute Gasteiger partial charge is 0.469 e. The minimum absolute atomic E-state index is 0.0778. The molecule has 21 heavy (non-hydrogen) atoms. The van der Waals surface area contributed by atoms with Gasteiger partial charge in [-0.25, -0.2) is 0 Å². The average molecular weight is 292 g/mol. The highest BCUT2D eigenvalue weighted by molar-refractivity contribution is 5.95. The number of rotatable bonds is 2. The van der Waals surface area contributed by atoms with Gasteiger partial charge < -0.3 is 14.1 Å². The number of carbonyl (C=O) groups excluding carboxylic acids is 1. The summed E-state index contributed by atoms with van der Waals surface area (Å²) >= 11 is 0. The molecule has 0 unspecified atom stereocenters. The first kappa shape index (κ1) is 14.6. The van der Waals surface area contributed by atoms with Crippen LogP contribution in [0.3, 0.4) is 0 Å². The molecule has 0 spiro atoms. The van der Waals surface area contributed by atoms with Crippen molar-refractivity contribution in [2.24, 2.45) is 0 Å². The van der Waals surface area contributed by atoms with Gasteiger partial charge in [-0.2, -0.15) is 0 Å². The summed E-state index contributed by atoms with van der Waals surface area (Å²) < 4.78 is 11.2. The Bertz CT molecular complexity index is 511. The van der Waals surface area contributed by atoms with Crippen LogP contribution in [0.1, 0.15) is 36.4 Å². The molecule has 1 aromatic heterocycles. The Morgan fingerprint density at radius 2 is 2.19 bits per heavy atom. The molecule has 1 aromatic rings. The highest BCUT2D eigenvalue weighted by Gasteiger charge is 2.39. The van der Waals surface area contributed by atoms with E-state index in [0.717, 1.165) is 32.7 Å². The Hall–Kier alpha value is -1.33. The number of carbonyl (C=O) groups is 1. The van der Waals surface area contributed by atoms with E-state index < -0.39 is 0 Å². The standard InChI is InChI=1S/C16H24N2O3/c1-11(2)18-7-9-21-15-4-6-17(10-14(15)18)16(19)13-5-8-20-12(13)3/h5,8,11,14-15H,4,6-7,9-10H2,1-3H3/t14-,15-/m1/s1. The summed E-state index contributed by atoms with van der Waals surface area (Å²) in [4.78, 5) is 17.1. The third-order valence-corrected chi connectivity index (χ3v) is 4.67. The van der Waals surface area contributed by atoms with Gasteiger partial charge in [-0.15, -0.1) is 0 Å². The van der Waals surface area contributed by atoms with E-state index in [9.17, 15) is 4.79 Å². The zero-order valence-corrected chi connectivity index (χ0v) is 13.0. The highest BCUT2D eigenvalue weighted by atomic mass is 16.5. The summed E-state index contributed by atoms with van der Waals surface area (Å²) in [6.45, 7) is 9.51. The molecule has 0 radical (unpaired) electrons. The van der Waals surface area contributed by atoms with Crippen LogP contribution in [-0.4, -0.2) is 60.1 Å².